The Balaban J connectivity index is 1.39. The number of phenols is 1. The lowest BCUT2D eigenvalue weighted by molar-refractivity contribution is -0.112. The quantitative estimate of drug-likeness (QED) is 0.427. The first kappa shape index (κ1) is 22.0. The number of hydrogen-bond donors (Lipinski definition) is 3. The van der Waals surface area contributed by atoms with E-state index in [9.17, 15) is 9.90 Å². The van der Waals surface area contributed by atoms with Crippen molar-refractivity contribution in [2.24, 2.45) is 0 Å². The number of benzene rings is 3. The van der Waals surface area contributed by atoms with E-state index in [0.29, 0.717) is 35.7 Å². The molecular weight excluding hydrogens is 412 g/mol. The number of carbonyl (C=O) groups excluding carboxylic acids is 1. The molecule has 1 aliphatic carbocycles. The summed E-state index contributed by atoms with van der Waals surface area (Å²) in [4.78, 5) is 12.8. The number of hydrogen-bond acceptors (Lipinski definition) is 4. The SMILES string of the molecule is Cc1cc(N)cc(COc2cccc(NC(=O)C3=CCC=C(c4ccc(O)cc4)C=C3)c2)c1. The van der Waals surface area contributed by atoms with E-state index >= 15 is 0 Å². The Hall–Kier alpha value is -4.25. The Morgan fingerprint density at radius 3 is 2.64 bits per heavy atom. The first-order valence-electron chi connectivity index (χ1n) is 10.7. The third kappa shape index (κ3) is 5.92. The molecule has 0 radical (unpaired) electrons. The number of amides is 1. The van der Waals surface area contributed by atoms with E-state index in [1.165, 1.54) is 0 Å². The second kappa shape index (κ2) is 9.92. The number of nitrogens with two attached hydrogens (primary N) is 1. The van der Waals surface area contributed by atoms with Gasteiger partial charge in [0.15, 0.2) is 0 Å². The number of nitrogen functional groups attached to an aromatic ring is 1. The minimum Gasteiger partial charge on any atom is -0.508 e. The molecule has 0 heterocycles. The number of aryl methyl sites for hydroxylation is 1. The summed E-state index contributed by atoms with van der Waals surface area (Å²) in [5.41, 5.74) is 11.9. The average Bonchev–Trinajstić information content (AvgIpc) is 3.04. The summed E-state index contributed by atoms with van der Waals surface area (Å²) < 4.78 is 5.90. The molecule has 0 aromatic heterocycles. The minimum atomic E-state index is -0.185. The van der Waals surface area contributed by atoms with E-state index in [1.54, 1.807) is 18.2 Å². The maximum atomic E-state index is 12.8. The molecule has 0 unspecified atom stereocenters. The van der Waals surface area contributed by atoms with E-state index in [1.807, 2.05) is 73.7 Å². The van der Waals surface area contributed by atoms with Gasteiger partial charge in [0.05, 0.1) is 0 Å². The molecule has 0 atom stereocenters. The molecule has 5 heteroatoms. The molecule has 5 nitrogen and oxygen atoms in total. The fourth-order valence-corrected chi connectivity index (χ4v) is 3.68. The van der Waals surface area contributed by atoms with Gasteiger partial charge >= 0.3 is 0 Å². The highest BCUT2D eigenvalue weighted by atomic mass is 16.5. The zero-order chi connectivity index (χ0) is 23.2. The van der Waals surface area contributed by atoms with Gasteiger partial charge in [0.2, 0.25) is 0 Å². The number of aromatic hydroxyl groups is 1. The van der Waals surface area contributed by atoms with Crippen molar-refractivity contribution in [3.8, 4) is 11.5 Å². The second-order valence-electron chi connectivity index (χ2n) is 7.96. The summed E-state index contributed by atoms with van der Waals surface area (Å²) in [7, 11) is 0. The Kier molecular flexibility index (Phi) is 6.60. The Morgan fingerprint density at radius 1 is 1.03 bits per heavy atom. The Bertz CT molecular complexity index is 1230. The first-order valence-corrected chi connectivity index (χ1v) is 10.7. The van der Waals surface area contributed by atoms with Crippen LogP contribution in [0.15, 0.2) is 96.6 Å². The van der Waals surface area contributed by atoms with Crippen molar-refractivity contribution >= 4 is 22.9 Å². The zero-order valence-corrected chi connectivity index (χ0v) is 18.4. The van der Waals surface area contributed by atoms with Crippen molar-refractivity contribution in [1.29, 1.82) is 0 Å². The smallest absolute Gasteiger partial charge is 0.255 e. The Morgan fingerprint density at radius 2 is 1.85 bits per heavy atom. The monoisotopic (exact) mass is 438 g/mol. The number of allylic oxidation sites excluding steroid dienone is 4. The van der Waals surface area contributed by atoms with Crippen LogP contribution in [0.4, 0.5) is 11.4 Å². The highest BCUT2D eigenvalue weighted by Gasteiger charge is 2.10. The number of anilines is 2. The van der Waals surface area contributed by atoms with Gasteiger partial charge in [-0.05, 0) is 78.1 Å². The van der Waals surface area contributed by atoms with Crippen LogP contribution in [0.2, 0.25) is 0 Å². The Labute approximate surface area is 193 Å². The van der Waals surface area contributed by atoms with Crippen LogP contribution in [0.3, 0.4) is 0 Å². The number of rotatable bonds is 6. The molecule has 0 saturated carbocycles. The summed E-state index contributed by atoms with van der Waals surface area (Å²) in [5.74, 6) is 0.703. The predicted molar refractivity (Wildman–Crippen MR) is 133 cm³/mol. The first-order chi connectivity index (χ1) is 16.0. The molecule has 1 amide bonds. The van der Waals surface area contributed by atoms with Gasteiger partial charge in [0.1, 0.15) is 18.1 Å². The predicted octanol–water partition coefficient (Wildman–Crippen LogP) is 5.77. The van der Waals surface area contributed by atoms with Gasteiger partial charge in [-0.3, -0.25) is 4.79 Å². The summed E-state index contributed by atoms with van der Waals surface area (Å²) in [6, 6.07) is 20.2. The molecule has 0 saturated heterocycles. The summed E-state index contributed by atoms with van der Waals surface area (Å²) in [6.07, 6.45) is 8.30. The topological polar surface area (TPSA) is 84.6 Å². The highest BCUT2D eigenvalue weighted by molar-refractivity contribution is 6.06. The molecule has 4 N–H and O–H groups in total. The van der Waals surface area contributed by atoms with E-state index in [2.05, 4.69) is 11.4 Å². The lowest BCUT2D eigenvalue weighted by Gasteiger charge is -2.10. The van der Waals surface area contributed by atoms with Gasteiger partial charge in [-0.2, -0.15) is 0 Å². The lowest BCUT2D eigenvalue weighted by Crippen LogP contribution is -2.13. The van der Waals surface area contributed by atoms with Gasteiger partial charge in [0, 0.05) is 23.0 Å². The van der Waals surface area contributed by atoms with Crippen molar-refractivity contribution < 1.29 is 14.6 Å². The highest BCUT2D eigenvalue weighted by Crippen LogP contribution is 2.24. The van der Waals surface area contributed by atoms with Crippen LogP contribution < -0.4 is 15.8 Å². The van der Waals surface area contributed by atoms with Gasteiger partial charge < -0.3 is 20.9 Å². The van der Waals surface area contributed by atoms with Gasteiger partial charge in [-0.1, -0.05) is 42.5 Å². The van der Waals surface area contributed by atoms with Crippen LogP contribution in [0.25, 0.3) is 5.57 Å². The molecule has 0 fully saturated rings. The number of ether oxygens (including phenoxy) is 1. The van der Waals surface area contributed by atoms with E-state index in [4.69, 9.17) is 10.5 Å². The van der Waals surface area contributed by atoms with E-state index in [-0.39, 0.29) is 11.7 Å². The van der Waals surface area contributed by atoms with Crippen molar-refractivity contribution in [3.05, 3.63) is 113 Å². The summed E-state index contributed by atoms with van der Waals surface area (Å²) in [5, 5.41) is 12.4. The van der Waals surface area contributed by atoms with E-state index in [0.717, 1.165) is 22.3 Å². The normalized spacial score (nSPS) is 13.0. The summed E-state index contributed by atoms with van der Waals surface area (Å²) >= 11 is 0. The molecule has 0 spiro atoms. The molecule has 3 aromatic carbocycles. The van der Waals surface area contributed by atoms with Crippen LogP contribution in [-0.4, -0.2) is 11.0 Å². The van der Waals surface area contributed by atoms with Crippen LogP contribution in [0.5, 0.6) is 11.5 Å². The minimum absolute atomic E-state index is 0.185. The van der Waals surface area contributed by atoms with Gasteiger partial charge in [0.25, 0.3) is 5.91 Å². The molecule has 1 aliphatic rings. The van der Waals surface area contributed by atoms with Crippen molar-refractivity contribution in [2.75, 3.05) is 11.1 Å². The molecule has 0 aliphatic heterocycles. The maximum Gasteiger partial charge on any atom is 0.255 e. The molecule has 3 aromatic rings. The number of carbonyl (C=O) groups is 1. The maximum absolute atomic E-state index is 12.8. The van der Waals surface area contributed by atoms with Crippen LogP contribution >= 0.6 is 0 Å². The standard InChI is InChI=1S/C28H26N2O3/c1-19-14-20(16-24(29)15-19)18-33-27-7-3-6-25(17-27)30-28(32)23-5-2-4-21(8-9-23)22-10-12-26(31)13-11-22/h3-17,31H,2,18,29H2,1H3,(H,30,32). The van der Waals surface area contributed by atoms with Crippen molar-refractivity contribution in [2.45, 2.75) is 20.0 Å². The molecular formula is C28H26N2O3. The van der Waals surface area contributed by atoms with Crippen molar-refractivity contribution in [3.63, 3.8) is 0 Å². The second-order valence-corrected chi connectivity index (χ2v) is 7.96. The largest absolute Gasteiger partial charge is 0.508 e. The fraction of sp³-hybridized carbons (Fsp3) is 0.107. The average molecular weight is 439 g/mol. The molecule has 166 valence electrons. The number of phenolic OH excluding ortho intramolecular Hbond substituents is 1. The lowest BCUT2D eigenvalue weighted by atomic mass is 10.0. The van der Waals surface area contributed by atoms with E-state index < -0.39 is 0 Å². The van der Waals surface area contributed by atoms with Gasteiger partial charge in [-0.15, -0.1) is 0 Å². The van der Waals surface area contributed by atoms with Crippen LogP contribution in [-0.2, 0) is 11.4 Å². The van der Waals surface area contributed by atoms with Crippen LogP contribution in [0, 0.1) is 6.92 Å². The molecule has 0 bridgehead atoms. The third-order valence-corrected chi connectivity index (χ3v) is 5.24. The number of nitrogens with one attached hydrogen (secondary N) is 1. The summed E-state index contributed by atoms with van der Waals surface area (Å²) in [6.45, 7) is 2.39. The molecule has 4 rings (SSSR count). The third-order valence-electron chi connectivity index (χ3n) is 5.24. The zero-order valence-electron chi connectivity index (χ0n) is 18.4. The van der Waals surface area contributed by atoms with Gasteiger partial charge in [-0.25, -0.2) is 0 Å². The fourth-order valence-electron chi connectivity index (χ4n) is 3.68. The van der Waals surface area contributed by atoms with Crippen LogP contribution in [0.1, 0.15) is 23.1 Å². The van der Waals surface area contributed by atoms with Crippen molar-refractivity contribution in [1.82, 2.24) is 0 Å². The molecule has 33 heavy (non-hydrogen) atoms.